The number of anilines is 1. The normalized spacial score (nSPS) is 10.3. The fourth-order valence-electron chi connectivity index (χ4n) is 2.20. The Hall–Kier alpha value is -2.29. The van der Waals surface area contributed by atoms with Gasteiger partial charge in [0.1, 0.15) is 0 Å². The van der Waals surface area contributed by atoms with Gasteiger partial charge in [-0.05, 0) is 43.5 Å². The smallest absolute Gasteiger partial charge is 0.337 e. The van der Waals surface area contributed by atoms with Crippen molar-refractivity contribution in [3.8, 4) is 0 Å². The molecule has 0 heterocycles. The molecule has 2 N–H and O–H groups in total. The number of carboxylic acids is 1. The van der Waals surface area contributed by atoms with E-state index in [1.165, 1.54) is 11.1 Å². The highest BCUT2D eigenvalue weighted by Crippen LogP contribution is 2.17. The quantitative estimate of drug-likeness (QED) is 0.871. The van der Waals surface area contributed by atoms with E-state index < -0.39 is 5.97 Å². The molecule has 0 atom stereocenters. The zero-order valence-corrected chi connectivity index (χ0v) is 11.8. The van der Waals surface area contributed by atoms with E-state index in [4.69, 9.17) is 5.11 Å². The van der Waals surface area contributed by atoms with E-state index in [-0.39, 0.29) is 0 Å². The molecule has 0 radical (unpaired) electrons. The summed E-state index contributed by atoms with van der Waals surface area (Å²) in [7, 11) is 0. The van der Waals surface area contributed by atoms with Crippen LogP contribution in [0.2, 0.25) is 0 Å². The van der Waals surface area contributed by atoms with Crippen LogP contribution in [0.4, 0.5) is 5.69 Å². The maximum absolute atomic E-state index is 11.2. The molecule has 0 amide bonds. The summed E-state index contributed by atoms with van der Waals surface area (Å²) in [4.78, 5) is 11.2. The van der Waals surface area contributed by atoms with Crippen LogP contribution in [0.5, 0.6) is 0 Å². The van der Waals surface area contributed by atoms with Crippen LogP contribution in [0, 0.1) is 13.8 Å². The Labute approximate surface area is 119 Å². The second kappa shape index (κ2) is 6.24. The number of nitrogens with one attached hydrogen (secondary N) is 1. The molecule has 0 unspecified atom stereocenters. The number of hydrogen-bond donors (Lipinski definition) is 2. The van der Waals surface area contributed by atoms with Gasteiger partial charge in [-0.3, -0.25) is 0 Å². The van der Waals surface area contributed by atoms with Crippen molar-refractivity contribution < 1.29 is 9.90 Å². The van der Waals surface area contributed by atoms with Gasteiger partial charge in [-0.2, -0.15) is 0 Å². The lowest BCUT2D eigenvalue weighted by molar-refractivity contribution is 0.0698. The van der Waals surface area contributed by atoms with Crippen LogP contribution in [0.15, 0.2) is 42.5 Å². The maximum Gasteiger partial charge on any atom is 0.337 e. The lowest BCUT2D eigenvalue weighted by Crippen LogP contribution is -2.09. The van der Waals surface area contributed by atoms with E-state index in [9.17, 15) is 4.79 Å². The molecule has 2 aromatic rings. The van der Waals surface area contributed by atoms with E-state index in [2.05, 4.69) is 30.4 Å². The predicted octanol–water partition coefficient (Wildman–Crippen LogP) is 3.66. The first-order valence-corrected chi connectivity index (χ1v) is 6.69. The molecular weight excluding hydrogens is 250 g/mol. The van der Waals surface area contributed by atoms with Crippen molar-refractivity contribution in [2.45, 2.75) is 20.3 Å². The van der Waals surface area contributed by atoms with Crippen molar-refractivity contribution in [1.29, 1.82) is 0 Å². The third-order valence-electron chi connectivity index (χ3n) is 3.22. The first-order valence-electron chi connectivity index (χ1n) is 6.69. The third kappa shape index (κ3) is 3.60. The maximum atomic E-state index is 11.2. The van der Waals surface area contributed by atoms with Gasteiger partial charge in [0.2, 0.25) is 0 Å². The van der Waals surface area contributed by atoms with E-state index in [0.29, 0.717) is 17.8 Å². The minimum absolute atomic E-state index is 0.319. The molecule has 104 valence electrons. The van der Waals surface area contributed by atoms with Crippen LogP contribution < -0.4 is 5.32 Å². The van der Waals surface area contributed by atoms with Gasteiger partial charge in [0.15, 0.2) is 0 Å². The Kier molecular flexibility index (Phi) is 4.41. The molecule has 0 aliphatic carbocycles. The highest BCUT2D eigenvalue weighted by atomic mass is 16.4. The molecule has 0 aliphatic rings. The van der Waals surface area contributed by atoms with Gasteiger partial charge < -0.3 is 10.4 Å². The molecule has 20 heavy (non-hydrogen) atoms. The van der Waals surface area contributed by atoms with Gasteiger partial charge in [0.05, 0.1) is 5.56 Å². The number of hydrogen-bond acceptors (Lipinski definition) is 2. The second-order valence-corrected chi connectivity index (χ2v) is 5.02. The van der Waals surface area contributed by atoms with Crippen molar-refractivity contribution in [1.82, 2.24) is 0 Å². The molecule has 0 aromatic heterocycles. The first kappa shape index (κ1) is 14.1. The summed E-state index contributed by atoms with van der Waals surface area (Å²) in [5.41, 5.74) is 4.55. The standard InChI is InChI=1S/C17H19NO2/c1-12-4-3-5-14(10-12)8-9-18-16-11-13(2)6-7-15(16)17(19)20/h3-7,10-11,18H,8-9H2,1-2H3,(H,19,20). The Morgan fingerprint density at radius 2 is 1.85 bits per heavy atom. The van der Waals surface area contributed by atoms with Crippen LogP contribution in [0.3, 0.4) is 0 Å². The lowest BCUT2D eigenvalue weighted by Gasteiger charge is -2.11. The van der Waals surface area contributed by atoms with Gasteiger partial charge >= 0.3 is 5.97 Å². The van der Waals surface area contributed by atoms with E-state index in [0.717, 1.165) is 12.0 Å². The molecule has 0 fully saturated rings. The largest absolute Gasteiger partial charge is 0.478 e. The summed E-state index contributed by atoms with van der Waals surface area (Å²) < 4.78 is 0. The van der Waals surface area contributed by atoms with Crippen molar-refractivity contribution in [3.05, 3.63) is 64.7 Å². The molecular formula is C17H19NO2. The minimum Gasteiger partial charge on any atom is -0.478 e. The van der Waals surface area contributed by atoms with Gasteiger partial charge in [-0.1, -0.05) is 35.9 Å². The Bertz CT molecular complexity index is 620. The van der Waals surface area contributed by atoms with E-state index >= 15 is 0 Å². The van der Waals surface area contributed by atoms with Gasteiger partial charge in [-0.15, -0.1) is 0 Å². The summed E-state index contributed by atoms with van der Waals surface area (Å²) >= 11 is 0. The highest BCUT2D eigenvalue weighted by Gasteiger charge is 2.09. The summed E-state index contributed by atoms with van der Waals surface area (Å²) in [5.74, 6) is -0.900. The molecule has 3 heteroatoms. The van der Waals surface area contributed by atoms with Crippen LogP contribution >= 0.6 is 0 Å². The van der Waals surface area contributed by atoms with Gasteiger partial charge in [0.25, 0.3) is 0 Å². The van der Waals surface area contributed by atoms with Crippen LogP contribution in [0.1, 0.15) is 27.0 Å². The monoisotopic (exact) mass is 269 g/mol. The fraction of sp³-hybridized carbons (Fsp3) is 0.235. The van der Waals surface area contributed by atoms with Crippen molar-refractivity contribution in [3.63, 3.8) is 0 Å². The molecule has 0 saturated carbocycles. The minimum atomic E-state index is -0.900. The zero-order valence-electron chi connectivity index (χ0n) is 11.8. The first-order chi connectivity index (χ1) is 9.56. The second-order valence-electron chi connectivity index (χ2n) is 5.02. The van der Waals surface area contributed by atoms with Gasteiger partial charge in [0, 0.05) is 12.2 Å². The number of carbonyl (C=O) groups is 1. The summed E-state index contributed by atoms with van der Waals surface area (Å²) in [6, 6.07) is 13.7. The number of benzene rings is 2. The molecule has 0 saturated heterocycles. The number of carboxylic acid groups (broad SMARTS) is 1. The predicted molar refractivity (Wildman–Crippen MR) is 81.5 cm³/mol. The molecule has 0 bridgehead atoms. The fourth-order valence-corrected chi connectivity index (χ4v) is 2.20. The van der Waals surface area contributed by atoms with Crippen molar-refractivity contribution in [2.75, 3.05) is 11.9 Å². The molecule has 2 aromatic carbocycles. The average molecular weight is 269 g/mol. The topological polar surface area (TPSA) is 49.3 Å². The number of rotatable bonds is 5. The summed E-state index contributed by atoms with van der Waals surface area (Å²) in [5, 5.41) is 12.4. The average Bonchev–Trinajstić information content (AvgIpc) is 2.38. The summed E-state index contributed by atoms with van der Waals surface area (Å²) in [6.07, 6.45) is 0.870. The SMILES string of the molecule is Cc1cccc(CCNc2cc(C)ccc2C(=O)O)c1. The number of aromatic carboxylic acids is 1. The Morgan fingerprint density at radius 1 is 1.10 bits per heavy atom. The highest BCUT2D eigenvalue weighted by molar-refractivity contribution is 5.94. The van der Waals surface area contributed by atoms with Crippen molar-refractivity contribution in [2.24, 2.45) is 0 Å². The lowest BCUT2D eigenvalue weighted by atomic mass is 10.1. The molecule has 3 nitrogen and oxygen atoms in total. The zero-order chi connectivity index (χ0) is 14.5. The van der Waals surface area contributed by atoms with E-state index in [1.807, 2.05) is 25.1 Å². The van der Waals surface area contributed by atoms with E-state index in [1.54, 1.807) is 6.07 Å². The van der Waals surface area contributed by atoms with Gasteiger partial charge in [-0.25, -0.2) is 4.79 Å². The number of aryl methyl sites for hydroxylation is 2. The molecule has 0 spiro atoms. The molecule has 2 rings (SSSR count). The van der Waals surface area contributed by atoms with Crippen molar-refractivity contribution >= 4 is 11.7 Å². The summed E-state index contributed by atoms with van der Waals surface area (Å²) in [6.45, 7) is 4.74. The Balaban J connectivity index is 2.04. The van der Waals surface area contributed by atoms with Crippen LogP contribution in [0.25, 0.3) is 0 Å². The van der Waals surface area contributed by atoms with Crippen LogP contribution in [-0.2, 0) is 6.42 Å². The van der Waals surface area contributed by atoms with Crippen LogP contribution in [-0.4, -0.2) is 17.6 Å². The molecule has 0 aliphatic heterocycles. The third-order valence-corrected chi connectivity index (χ3v) is 3.22. The Morgan fingerprint density at radius 3 is 2.55 bits per heavy atom.